The highest BCUT2D eigenvalue weighted by molar-refractivity contribution is 5.53. The van der Waals surface area contributed by atoms with E-state index in [0.29, 0.717) is 30.6 Å². The fraction of sp³-hybridized carbons (Fsp3) is 0.529. The van der Waals surface area contributed by atoms with Crippen molar-refractivity contribution < 1.29 is 13.7 Å². The van der Waals surface area contributed by atoms with Gasteiger partial charge < -0.3 is 9.26 Å². The molecule has 1 spiro atoms. The van der Waals surface area contributed by atoms with Crippen LogP contribution in [0, 0.1) is 5.82 Å². The van der Waals surface area contributed by atoms with E-state index >= 15 is 0 Å². The highest BCUT2D eigenvalue weighted by Crippen LogP contribution is 2.36. The van der Waals surface area contributed by atoms with Crippen LogP contribution in [0.1, 0.15) is 38.0 Å². The molecular weight excluding hydrogens is 297 g/mol. The fourth-order valence-electron chi connectivity index (χ4n) is 3.58. The van der Waals surface area contributed by atoms with E-state index in [2.05, 4.69) is 15.0 Å². The summed E-state index contributed by atoms with van der Waals surface area (Å²) in [6.45, 7) is 2.10. The minimum absolute atomic E-state index is 0.0314. The molecule has 5 nitrogen and oxygen atoms in total. The van der Waals surface area contributed by atoms with Crippen LogP contribution >= 0.6 is 0 Å². The number of hydrogen-bond acceptors (Lipinski definition) is 5. The van der Waals surface area contributed by atoms with Gasteiger partial charge in [-0.05, 0) is 25.0 Å². The van der Waals surface area contributed by atoms with Gasteiger partial charge in [-0.3, -0.25) is 4.90 Å². The summed E-state index contributed by atoms with van der Waals surface area (Å²) >= 11 is 0. The highest BCUT2D eigenvalue weighted by atomic mass is 19.1. The largest absolute Gasteiger partial charge is 0.358 e. The molecule has 4 rings (SSSR count). The van der Waals surface area contributed by atoms with Crippen LogP contribution in [-0.2, 0) is 11.3 Å². The predicted molar refractivity (Wildman–Crippen MR) is 81.9 cm³/mol. The van der Waals surface area contributed by atoms with Gasteiger partial charge in [-0.15, -0.1) is 0 Å². The first-order valence-corrected chi connectivity index (χ1v) is 8.17. The molecule has 2 fully saturated rings. The number of hydrogen-bond donors (Lipinski definition) is 0. The standard InChI is InChI=1S/C17H20FN3O2/c18-14-6-4-5-13(9-14)16-19-15(23-20-16)10-21-11-17(22-12-21)7-2-1-3-8-17/h4-6,9H,1-3,7-8,10-12H2. The van der Waals surface area contributed by atoms with Gasteiger partial charge >= 0.3 is 0 Å². The van der Waals surface area contributed by atoms with Crippen molar-refractivity contribution >= 4 is 0 Å². The molecule has 23 heavy (non-hydrogen) atoms. The molecule has 1 aromatic heterocycles. The molecule has 1 saturated carbocycles. The molecule has 1 aliphatic heterocycles. The number of nitrogens with zero attached hydrogens (tertiary/aromatic N) is 3. The lowest BCUT2D eigenvalue weighted by molar-refractivity contribution is -0.0218. The molecule has 1 aromatic carbocycles. The molecule has 122 valence electrons. The van der Waals surface area contributed by atoms with Crippen molar-refractivity contribution in [1.82, 2.24) is 15.0 Å². The van der Waals surface area contributed by atoms with Crippen molar-refractivity contribution in [2.45, 2.75) is 44.2 Å². The number of aromatic nitrogens is 2. The van der Waals surface area contributed by atoms with Gasteiger partial charge in [0, 0.05) is 12.1 Å². The molecule has 0 amide bonds. The summed E-state index contributed by atoms with van der Waals surface area (Å²) in [6.07, 6.45) is 6.09. The van der Waals surface area contributed by atoms with Gasteiger partial charge in [0.05, 0.1) is 12.1 Å². The maximum absolute atomic E-state index is 13.3. The molecule has 1 aliphatic carbocycles. The second-order valence-corrected chi connectivity index (χ2v) is 6.53. The Kier molecular flexibility index (Phi) is 3.87. The van der Waals surface area contributed by atoms with E-state index in [1.54, 1.807) is 12.1 Å². The highest BCUT2D eigenvalue weighted by Gasteiger charge is 2.40. The lowest BCUT2D eigenvalue weighted by Crippen LogP contribution is -2.36. The summed E-state index contributed by atoms with van der Waals surface area (Å²) < 4.78 is 24.7. The Morgan fingerprint density at radius 2 is 2.09 bits per heavy atom. The van der Waals surface area contributed by atoms with Crippen LogP contribution in [-0.4, -0.2) is 33.9 Å². The Morgan fingerprint density at radius 3 is 2.91 bits per heavy atom. The fourth-order valence-corrected chi connectivity index (χ4v) is 3.58. The predicted octanol–water partition coefficient (Wildman–Crippen LogP) is 3.37. The van der Waals surface area contributed by atoms with Crippen molar-refractivity contribution in [3.63, 3.8) is 0 Å². The van der Waals surface area contributed by atoms with Crippen molar-refractivity contribution in [2.75, 3.05) is 13.3 Å². The Hall–Kier alpha value is -1.79. The SMILES string of the molecule is Fc1cccc(-c2noc(CN3COC4(CCCCC4)C3)n2)c1. The summed E-state index contributed by atoms with van der Waals surface area (Å²) in [6, 6.07) is 6.22. The molecule has 2 aromatic rings. The number of halogens is 1. The van der Waals surface area contributed by atoms with Crippen LogP contribution in [0.4, 0.5) is 4.39 Å². The minimum Gasteiger partial charge on any atom is -0.358 e. The Balaban J connectivity index is 1.42. The summed E-state index contributed by atoms with van der Waals surface area (Å²) in [5.74, 6) is 0.661. The van der Waals surface area contributed by atoms with Crippen LogP contribution in [0.5, 0.6) is 0 Å². The molecule has 0 atom stereocenters. The summed E-state index contributed by atoms with van der Waals surface area (Å²) in [7, 11) is 0. The molecule has 0 radical (unpaired) electrons. The van der Waals surface area contributed by atoms with E-state index in [1.165, 1.54) is 31.4 Å². The van der Waals surface area contributed by atoms with Crippen molar-refractivity contribution in [3.05, 3.63) is 36.0 Å². The number of benzene rings is 1. The smallest absolute Gasteiger partial charge is 0.241 e. The number of ether oxygens (including phenoxy) is 1. The number of rotatable bonds is 3. The Bertz CT molecular complexity index is 682. The van der Waals surface area contributed by atoms with Crippen LogP contribution in [0.25, 0.3) is 11.4 Å². The normalized spacial score (nSPS) is 21.1. The molecule has 2 heterocycles. The van der Waals surface area contributed by atoms with Crippen LogP contribution in [0.15, 0.2) is 28.8 Å². The molecule has 6 heteroatoms. The Labute approximate surface area is 134 Å². The van der Waals surface area contributed by atoms with E-state index in [9.17, 15) is 4.39 Å². The third-order valence-electron chi connectivity index (χ3n) is 4.74. The first kappa shape index (κ1) is 14.8. The van der Waals surface area contributed by atoms with Gasteiger partial charge in [0.15, 0.2) is 0 Å². The van der Waals surface area contributed by atoms with Gasteiger partial charge in [0.2, 0.25) is 11.7 Å². The lowest BCUT2D eigenvalue weighted by atomic mass is 9.85. The first-order valence-electron chi connectivity index (χ1n) is 8.17. The van der Waals surface area contributed by atoms with Crippen molar-refractivity contribution in [3.8, 4) is 11.4 Å². The van der Waals surface area contributed by atoms with E-state index in [4.69, 9.17) is 9.26 Å². The van der Waals surface area contributed by atoms with Gasteiger partial charge in [0.1, 0.15) is 12.5 Å². The monoisotopic (exact) mass is 317 g/mol. The molecule has 0 bridgehead atoms. The third kappa shape index (κ3) is 3.14. The maximum Gasteiger partial charge on any atom is 0.241 e. The van der Waals surface area contributed by atoms with E-state index in [1.807, 2.05) is 0 Å². The summed E-state index contributed by atoms with van der Waals surface area (Å²) in [5.41, 5.74) is 0.658. The van der Waals surface area contributed by atoms with Gasteiger partial charge in [-0.25, -0.2) is 4.39 Å². The topological polar surface area (TPSA) is 51.4 Å². The molecule has 0 N–H and O–H groups in total. The van der Waals surface area contributed by atoms with Crippen molar-refractivity contribution in [2.24, 2.45) is 0 Å². The van der Waals surface area contributed by atoms with Crippen LogP contribution < -0.4 is 0 Å². The molecule has 1 saturated heterocycles. The zero-order chi connectivity index (χ0) is 15.7. The zero-order valence-corrected chi connectivity index (χ0v) is 13.0. The first-order chi connectivity index (χ1) is 11.2. The van der Waals surface area contributed by atoms with Gasteiger partial charge in [0.25, 0.3) is 0 Å². The zero-order valence-electron chi connectivity index (χ0n) is 13.0. The van der Waals surface area contributed by atoms with Crippen molar-refractivity contribution in [1.29, 1.82) is 0 Å². The van der Waals surface area contributed by atoms with Crippen LogP contribution in [0.3, 0.4) is 0 Å². The van der Waals surface area contributed by atoms with Gasteiger partial charge in [-0.2, -0.15) is 4.98 Å². The van der Waals surface area contributed by atoms with Crippen LogP contribution in [0.2, 0.25) is 0 Å². The van der Waals surface area contributed by atoms with E-state index < -0.39 is 0 Å². The average molecular weight is 317 g/mol. The average Bonchev–Trinajstić information content (AvgIpc) is 3.17. The maximum atomic E-state index is 13.3. The molecule has 2 aliphatic rings. The minimum atomic E-state index is -0.305. The quantitative estimate of drug-likeness (QED) is 0.869. The Morgan fingerprint density at radius 1 is 1.22 bits per heavy atom. The summed E-state index contributed by atoms with van der Waals surface area (Å²) in [4.78, 5) is 6.58. The molecular formula is C17H20FN3O2. The van der Waals surface area contributed by atoms with Gasteiger partial charge in [-0.1, -0.05) is 36.6 Å². The van der Waals surface area contributed by atoms with E-state index in [0.717, 1.165) is 19.4 Å². The van der Waals surface area contributed by atoms with E-state index in [-0.39, 0.29) is 11.4 Å². The third-order valence-corrected chi connectivity index (χ3v) is 4.74. The lowest BCUT2D eigenvalue weighted by Gasteiger charge is -2.31. The summed E-state index contributed by atoms with van der Waals surface area (Å²) in [5, 5.41) is 3.95. The second-order valence-electron chi connectivity index (χ2n) is 6.53. The molecule has 0 unspecified atom stereocenters. The second kappa shape index (κ2) is 6.02.